The van der Waals surface area contributed by atoms with Gasteiger partial charge in [0.2, 0.25) is 0 Å². The van der Waals surface area contributed by atoms with Gasteiger partial charge in [-0.1, -0.05) is 84.0 Å². The lowest BCUT2D eigenvalue weighted by Gasteiger charge is -2.23. The van der Waals surface area contributed by atoms with Gasteiger partial charge < -0.3 is 0 Å². The lowest BCUT2D eigenvalue weighted by molar-refractivity contribution is 0.590. The van der Waals surface area contributed by atoms with Crippen LogP contribution in [0.5, 0.6) is 0 Å². The van der Waals surface area contributed by atoms with Gasteiger partial charge in [0.25, 0.3) is 0 Å². The average Bonchev–Trinajstić information content (AvgIpc) is 2.77. The van der Waals surface area contributed by atoms with Crippen LogP contribution >= 0.6 is 22.6 Å². The highest BCUT2D eigenvalue weighted by Gasteiger charge is 2.21. The van der Waals surface area contributed by atoms with Crippen LogP contribution in [0.2, 0.25) is 0 Å². The number of aromatic nitrogens is 1. The van der Waals surface area contributed by atoms with Crippen LogP contribution in [0.1, 0.15) is 52.7 Å². The third-order valence-corrected chi connectivity index (χ3v) is 7.79. The first kappa shape index (κ1) is 23.2. The lowest BCUT2D eigenvalue weighted by atomic mass is 9.83. The predicted molar refractivity (Wildman–Crippen MR) is 152 cm³/mol. The van der Waals surface area contributed by atoms with Crippen LogP contribution in [0.25, 0.3) is 43.6 Å². The lowest BCUT2D eigenvalue weighted by Crippen LogP contribution is -2.11. The number of hydrogen-bond donors (Lipinski definition) is 0. The van der Waals surface area contributed by atoms with E-state index in [1.807, 2.05) is 6.07 Å². The van der Waals surface area contributed by atoms with Crippen molar-refractivity contribution in [3.05, 3.63) is 87.4 Å². The Bertz CT molecular complexity index is 1570. The van der Waals surface area contributed by atoms with Crippen molar-refractivity contribution in [2.45, 2.75) is 52.4 Å². The number of nitrogens with zero attached hydrogens (tertiary/aromatic N) is 1. The van der Waals surface area contributed by atoms with E-state index in [2.05, 4.69) is 107 Å². The zero-order valence-corrected chi connectivity index (χ0v) is 22.7. The van der Waals surface area contributed by atoms with Crippen LogP contribution in [-0.4, -0.2) is 4.98 Å². The molecule has 34 heavy (non-hydrogen) atoms. The Labute approximate surface area is 214 Å². The van der Waals surface area contributed by atoms with E-state index in [9.17, 15) is 4.39 Å². The highest BCUT2D eigenvalue weighted by Crippen LogP contribution is 2.43. The molecule has 5 rings (SSSR count). The minimum absolute atomic E-state index is 0.0298. The van der Waals surface area contributed by atoms with E-state index >= 15 is 0 Å². The predicted octanol–water partition coefficient (Wildman–Crippen LogP) is 9.55. The molecule has 0 aliphatic rings. The van der Waals surface area contributed by atoms with Crippen molar-refractivity contribution in [1.82, 2.24) is 4.98 Å². The molecular weight excluding hydrogens is 532 g/mol. The Morgan fingerprint density at radius 3 is 1.97 bits per heavy atom. The van der Waals surface area contributed by atoms with E-state index in [1.165, 1.54) is 27.6 Å². The van der Waals surface area contributed by atoms with Gasteiger partial charge in [0.05, 0.1) is 5.52 Å². The molecule has 1 nitrogen and oxygen atoms in total. The Kier molecular flexibility index (Phi) is 5.47. The SMILES string of the molecule is CC(C)(C)c1ccc(-c2c(I)c3ncc4cc(F)ccc4c3c3ccc(C(C)(C)C)cc23)cc1. The van der Waals surface area contributed by atoms with Crippen molar-refractivity contribution in [3.63, 3.8) is 0 Å². The molecule has 0 saturated heterocycles. The Morgan fingerprint density at radius 2 is 1.32 bits per heavy atom. The summed E-state index contributed by atoms with van der Waals surface area (Å²) in [6.07, 6.45) is 1.80. The summed E-state index contributed by atoms with van der Waals surface area (Å²) in [6, 6.07) is 20.8. The van der Waals surface area contributed by atoms with Crippen molar-refractivity contribution in [3.8, 4) is 11.1 Å². The summed E-state index contributed by atoms with van der Waals surface area (Å²) in [5, 5.41) is 5.32. The molecule has 0 aliphatic heterocycles. The second-order valence-electron chi connectivity index (χ2n) is 11.2. The number of pyridine rings is 1. The average molecular weight is 561 g/mol. The Morgan fingerprint density at radius 1 is 0.706 bits per heavy atom. The molecule has 0 atom stereocenters. The molecule has 0 N–H and O–H groups in total. The van der Waals surface area contributed by atoms with Crippen molar-refractivity contribution >= 4 is 55.0 Å². The van der Waals surface area contributed by atoms with Crippen molar-refractivity contribution in [2.24, 2.45) is 0 Å². The third-order valence-electron chi connectivity index (χ3n) is 6.74. The highest BCUT2D eigenvalue weighted by molar-refractivity contribution is 14.1. The van der Waals surface area contributed by atoms with E-state index < -0.39 is 0 Å². The van der Waals surface area contributed by atoms with Crippen LogP contribution < -0.4 is 0 Å². The summed E-state index contributed by atoms with van der Waals surface area (Å²) in [5.74, 6) is -0.238. The normalized spacial score (nSPS) is 12.7. The molecule has 3 heteroatoms. The van der Waals surface area contributed by atoms with Crippen LogP contribution in [-0.2, 0) is 10.8 Å². The fourth-order valence-electron chi connectivity index (χ4n) is 4.72. The molecule has 0 spiro atoms. The summed E-state index contributed by atoms with van der Waals surface area (Å²) in [4.78, 5) is 4.84. The van der Waals surface area contributed by atoms with Gasteiger partial charge in [-0.2, -0.15) is 0 Å². The zero-order chi connectivity index (χ0) is 24.4. The molecule has 0 aliphatic carbocycles. The Hall–Kier alpha value is -2.53. The molecule has 0 fully saturated rings. The molecule has 0 amide bonds. The fourth-order valence-corrected chi connectivity index (χ4v) is 5.74. The maximum atomic E-state index is 14.0. The quantitative estimate of drug-likeness (QED) is 0.147. The zero-order valence-electron chi connectivity index (χ0n) is 20.6. The number of rotatable bonds is 1. The maximum absolute atomic E-state index is 14.0. The molecule has 172 valence electrons. The monoisotopic (exact) mass is 561 g/mol. The van der Waals surface area contributed by atoms with E-state index in [0.29, 0.717) is 0 Å². The van der Waals surface area contributed by atoms with Gasteiger partial charge >= 0.3 is 0 Å². The van der Waals surface area contributed by atoms with Crippen molar-refractivity contribution in [1.29, 1.82) is 0 Å². The first-order valence-corrected chi connectivity index (χ1v) is 12.8. The molecule has 5 aromatic rings. The first-order valence-electron chi connectivity index (χ1n) is 11.7. The molecule has 1 heterocycles. The van der Waals surface area contributed by atoms with Crippen LogP contribution in [0.15, 0.2) is 66.9 Å². The molecule has 0 saturated carbocycles. The van der Waals surface area contributed by atoms with Crippen LogP contribution in [0.3, 0.4) is 0 Å². The summed E-state index contributed by atoms with van der Waals surface area (Å²) < 4.78 is 15.1. The van der Waals surface area contributed by atoms with E-state index in [4.69, 9.17) is 4.98 Å². The van der Waals surface area contributed by atoms with Gasteiger partial charge in [0.1, 0.15) is 5.82 Å². The van der Waals surface area contributed by atoms with Crippen LogP contribution in [0.4, 0.5) is 4.39 Å². The second-order valence-corrected chi connectivity index (χ2v) is 12.3. The molecule has 0 radical (unpaired) electrons. The standard InChI is InChI=1S/C31H29FIN/c1-30(2,3)20-9-7-18(8-10-20)26-25-16-21(31(4,5)6)11-13-24(25)27-23-14-12-22(32)15-19(23)17-34-29(27)28(26)33/h7-17H,1-6H3. The van der Waals surface area contributed by atoms with Gasteiger partial charge in [0, 0.05) is 26.1 Å². The van der Waals surface area contributed by atoms with Gasteiger partial charge in [-0.3, -0.25) is 4.98 Å². The topological polar surface area (TPSA) is 12.9 Å². The molecule has 0 unspecified atom stereocenters. The minimum Gasteiger partial charge on any atom is -0.254 e. The second kappa shape index (κ2) is 8.01. The van der Waals surface area contributed by atoms with Gasteiger partial charge in [-0.05, 0) is 84.5 Å². The van der Waals surface area contributed by atoms with E-state index in [-0.39, 0.29) is 16.6 Å². The molecule has 1 aromatic heterocycles. The van der Waals surface area contributed by atoms with E-state index in [1.54, 1.807) is 18.3 Å². The number of halogens is 2. The molecule has 0 bridgehead atoms. The molecule has 4 aromatic carbocycles. The smallest absolute Gasteiger partial charge is 0.123 e. The van der Waals surface area contributed by atoms with E-state index in [0.717, 1.165) is 30.6 Å². The number of fused-ring (bicyclic) bond motifs is 5. The summed E-state index contributed by atoms with van der Waals surface area (Å²) >= 11 is 2.45. The summed E-state index contributed by atoms with van der Waals surface area (Å²) in [7, 11) is 0. The van der Waals surface area contributed by atoms with Crippen LogP contribution in [0, 0.1) is 9.39 Å². The number of hydrogen-bond acceptors (Lipinski definition) is 1. The largest absolute Gasteiger partial charge is 0.254 e. The van der Waals surface area contributed by atoms with Crippen molar-refractivity contribution < 1.29 is 4.39 Å². The third kappa shape index (κ3) is 3.88. The fraction of sp³-hybridized carbons (Fsp3) is 0.258. The minimum atomic E-state index is -0.238. The summed E-state index contributed by atoms with van der Waals surface area (Å²) in [6.45, 7) is 13.5. The number of benzene rings is 4. The van der Waals surface area contributed by atoms with Crippen molar-refractivity contribution in [2.75, 3.05) is 0 Å². The summed E-state index contributed by atoms with van der Waals surface area (Å²) in [5.41, 5.74) is 6.11. The highest BCUT2D eigenvalue weighted by atomic mass is 127. The molecular formula is C31H29FIN. The van der Waals surface area contributed by atoms with Gasteiger partial charge in [-0.15, -0.1) is 0 Å². The first-order chi connectivity index (χ1) is 15.9. The van der Waals surface area contributed by atoms with Gasteiger partial charge in [0.15, 0.2) is 0 Å². The van der Waals surface area contributed by atoms with Gasteiger partial charge in [-0.25, -0.2) is 4.39 Å². The Balaban J connectivity index is 1.93. The maximum Gasteiger partial charge on any atom is 0.123 e.